The van der Waals surface area contributed by atoms with Crippen LogP contribution in [0.15, 0.2) is 30.3 Å². The third-order valence-corrected chi connectivity index (χ3v) is 4.73. The molecule has 0 aliphatic carbocycles. The van der Waals surface area contributed by atoms with Gasteiger partial charge >= 0.3 is 7.60 Å². The van der Waals surface area contributed by atoms with E-state index >= 15 is 0 Å². The number of ether oxygens (including phenoxy) is 1. The number of hydrogen-bond donors (Lipinski definition) is 1. The van der Waals surface area contributed by atoms with Gasteiger partial charge in [0.2, 0.25) is 0 Å². The first-order valence-corrected chi connectivity index (χ1v) is 8.38. The second-order valence-electron chi connectivity index (χ2n) is 5.28. The lowest BCUT2D eigenvalue weighted by Crippen LogP contribution is -2.20. The van der Waals surface area contributed by atoms with Crippen molar-refractivity contribution in [3.63, 3.8) is 0 Å². The van der Waals surface area contributed by atoms with E-state index in [1.165, 1.54) is 0 Å². The Balaban J connectivity index is 1.86. The minimum Gasteiger partial charge on any atom is -0.373 e. The van der Waals surface area contributed by atoms with E-state index in [2.05, 4.69) is 6.92 Å². The summed E-state index contributed by atoms with van der Waals surface area (Å²) in [6.45, 7) is 4.28. The van der Waals surface area contributed by atoms with Crippen molar-refractivity contribution in [2.75, 3.05) is 6.61 Å². The van der Waals surface area contributed by atoms with Gasteiger partial charge in [0.1, 0.15) is 0 Å². The van der Waals surface area contributed by atoms with Crippen LogP contribution in [0.25, 0.3) is 0 Å². The van der Waals surface area contributed by atoms with Gasteiger partial charge in [-0.15, -0.1) is 0 Å². The molecule has 0 spiro atoms. The van der Waals surface area contributed by atoms with Crippen LogP contribution in [0.4, 0.5) is 0 Å². The zero-order valence-electron chi connectivity index (χ0n) is 11.4. The van der Waals surface area contributed by atoms with Gasteiger partial charge in [-0.05, 0) is 24.8 Å². The fourth-order valence-electron chi connectivity index (χ4n) is 2.42. The van der Waals surface area contributed by atoms with Gasteiger partial charge in [0, 0.05) is 0 Å². The van der Waals surface area contributed by atoms with Gasteiger partial charge in [-0.1, -0.05) is 37.3 Å². The minimum atomic E-state index is -3.59. The molecule has 2 rings (SSSR count). The highest BCUT2D eigenvalue weighted by molar-refractivity contribution is 7.51. The van der Waals surface area contributed by atoms with Crippen LogP contribution in [0.2, 0.25) is 0 Å². The van der Waals surface area contributed by atoms with E-state index in [4.69, 9.17) is 9.26 Å². The first-order chi connectivity index (χ1) is 8.96. The summed E-state index contributed by atoms with van der Waals surface area (Å²) in [5.74, 6) is 0.367. The van der Waals surface area contributed by atoms with E-state index < -0.39 is 7.60 Å². The van der Waals surface area contributed by atoms with E-state index in [0.717, 1.165) is 12.0 Å². The summed E-state index contributed by atoms with van der Waals surface area (Å²) in [5, 5.41) is 0. The van der Waals surface area contributed by atoms with Crippen molar-refractivity contribution in [1.82, 2.24) is 0 Å². The highest BCUT2D eigenvalue weighted by Gasteiger charge is 2.32. The quantitative estimate of drug-likeness (QED) is 0.844. The molecular formula is C14H21O4P. The maximum Gasteiger partial charge on any atom is 0.332 e. The zero-order chi connectivity index (χ0) is 13.9. The molecule has 5 heteroatoms. The van der Waals surface area contributed by atoms with Crippen LogP contribution in [0, 0.1) is 5.92 Å². The Morgan fingerprint density at radius 3 is 2.63 bits per heavy atom. The highest BCUT2D eigenvalue weighted by Crippen LogP contribution is 2.46. The maximum atomic E-state index is 12.0. The summed E-state index contributed by atoms with van der Waals surface area (Å²) < 4.78 is 22.9. The molecule has 106 valence electrons. The van der Waals surface area contributed by atoms with Gasteiger partial charge < -0.3 is 14.2 Å². The van der Waals surface area contributed by atoms with E-state index in [1.807, 2.05) is 37.3 Å². The normalized spacial score (nSPS) is 30.2. The predicted octanol–water partition coefficient (Wildman–Crippen LogP) is 3.20. The molecule has 1 aromatic carbocycles. The Bertz CT molecular complexity index is 448. The first kappa shape index (κ1) is 14.7. The van der Waals surface area contributed by atoms with Crippen molar-refractivity contribution < 1.29 is 18.7 Å². The molecule has 0 amide bonds. The fourth-order valence-corrected chi connectivity index (χ4v) is 3.56. The zero-order valence-corrected chi connectivity index (χ0v) is 12.3. The van der Waals surface area contributed by atoms with Crippen molar-refractivity contribution in [3.8, 4) is 0 Å². The summed E-state index contributed by atoms with van der Waals surface area (Å²) in [5.41, 5.74) is 0.807. The molecule has 1 aliphatic heterocycles. The summed E-state index contributed by atoms with van der Waals surface area (Å²) in [4.78, 5) is 9.86. The third-order valence-electron chi connectivity index (χ3n) is 3.41. The Kier molecular flexibility index (Phi) is 4.80. The maximum absolute atomic E-state index is 12.0. The van der Waals surface area contributed by atoms with Crippen LogP contribution in [0.5, 0.6) is 0 Å². The SMILES string of the molecule is C[C@@H]1C[C@H](C)O[C@@H]1COP(=O)(O)Cc1ccccc1. The van der Waals surface area contributed by atoms with Gasteiger partial charge in [-0.2, -0.15) is 0 Å². The molecule has 0 saturated carbocycles. The van der Waals surface area contributed by atoms with E-state index in [-0.39, 0.29) is 25.0 Å². The lowest BCUT2D eigenvalue weighted by Gasteiger charge is -2.18. The van der Waals surface area contributed by atoms with E-state index in [9.17, 15) is 9.46 Å². The second kappa shape index (κ2) is 6.19. The van der Waals surface area contributed by atoms with Gasteiger partial charge in [0.15, 0.2) is 0 Å². The molecule has 0 radical (unpaired) electrons. The van der Waals surface area contributed by atoms with Crippen molar-refractivity contribution in [3.05, 3.63) is 35.9 Å². The van der Waals surface area contributed by atoms with Crippen LogP contribution in [0.3, 0.4) is 0 Å². The summed E-state index contributed by atoms with van der Waals surface area (Å²) in [6, 6.07) is 9.21. The van der Waals surface area contributed by atoms with Crippen LogP contribution >= 0.6 is 7.60 Å². The van der Waals surface area contributed by atoms with Crippen LogP contribution < -0.4 is 0 Å². The average Bonchev–Trinajstić information content (AvgIpc) is 2.66. The highest BCUT2D eigenvalue weighted by atomic mass is 31.2. The summed E-state index contributed by atoms with van der Waals surface area (Å²) >= 11 is 0. The molecule has 19 heavy (non-hydrogen) atoms. The Hall–Kier alpha value is -0.670. The van der Waals surface area contributed by atoms with Gasteiger partial charge in [-0.25, -0.2) is 0 Å². The van der Waals surface area contributed by atoms with Gasteiger partial charge in [0.05, 0.1) is 25.0 Å². The monoisotopic (exact) mass is 284 g/mol. The Morgan fingerprint density at radius 1 is 1.37 bits per heavy atom. The van der Waals surface area contributed by atoms with Crippen LogP contribution in [-0.4, -0.2) is 23.7 Å². The van der Waals surface area contributed by atoms with Crippen molar-refractivity contribution in [2.24, 2.45) is 5.92 Å². The molecule has 0 aromatic heterocycles. The third kappa shape index (κ3) is 4.43. The number of rotatable bonds is 5. The van der Waals surface area contributed by atoms with Gasteiger partial charge in [0.25, 0.3) is 0 Å². The minimum absolute atomic E-state index is 0.0461. The number of hydrogen-bond acceptors (Lipinski definition) is 3. The average molecular weight is 284 g/mol. The molecule has 4 nitrogen and oxygen atoms in total. The molecule has 1 aromatic rings. The van der Waals surface area contributed by atoms with Crippen molar-refractivity contribution >= 4 is 7.60 Å². The van der Waals surface area contributed by atoms with Crippen LogP contribution in [-0.2, 0) is 20.0 Å². The smallest absolute Gasteiger partial charge is 0.332 e. The Morgan fingerprint density at radius 2 is 2.05 bits per heavy atom. The molecule has 0 bridgehead atoms. The molecule has 1 fully saturated rings. The lowest BCUT2D eigenvalue weighted by molar-refractivity contribution is 0.0129. The first-order valence-electron chi connectivity index (χ1n) is 6.62. The second-order valence-corrected chi connectivity index (χ2v) is 7.12. The molecule has 1 heterocycles. The van der Waals surface area contributed by atoms with Crippen molar-refractivity contribution in [1.29, 1.82) is 0 Å². The largest absolute Gasteiger partial charge is 0.373 e. The molecule has 1 unspecified atom stereocenters. The summed E-state index contributed by atoms with van der Waals surface area (Å²) in [6.07, 6.45) is 1.15. The lowest BCUT2D eigenvalue weighted by atomic mass is 10.0. The fraction of sp³-hybridized carbons (Fsp3) is 0.571. The van der Waals surface area contributed by atoms with Crippen molar-refractivity contribution in [2.45, 2.75) is 38.6 Å². The molecule has 1 saturated heterocycles. The predicted molar refractivity (Wildman–Crippen MR) is 74.0 cm³/mol. The topological polar surface area (TPSA) is 55.8 Å². The number of benzene rings is 1. The van der Waals surface area contributed by atoms with E-state index in [1.54, 1.807) is 0 Å². The van der Waals surface area contributed by atoms with Crippen LogP contribution in [0.1, 0.15) is 25.8 Å². The molecule has 4 atom stereocenters. The standard InChI is InChI=1S/C14H21O4P/c1-11-8-12(2)18-14(11)9-17-19(15,16)10-13-6-4-3-5-7-13/h3-7,11-12,14H,8-10H2,1-2H3,(H,15,16)/t11-,12+,14-/m1/s1. The van der Waals surface area contributed by atoms with E-state index in [0.29, 0.717) is 5.92 Å². The molecule has 1 aliphatic rings. The molecular weight excluding hydrogens is 263 g/mol. The Labute approximate surface area is 114 Å². The molecule has 1 N–H and O–H groups in total. The van der Waals surface area contributed by atoms with Gasteiger partial charge in [-0.3, -0.25) is 4.57 Å². The summed E-state index contributed by atoms with van der Waals surface area (Å²) in [7, 11) is -3.59.